The maximum absolute atomic E-state index is 5.56. The van der Waals surface area contributed by atoms with Gasteiger partial charge >= 0.3 is 0 Å². The van der Waals surface area contributed by atoms with Crippen molar-refractivity contribution in [1.29, 1.82) is 0 Å². The van der Waals surface area contributed by atoms with Crippen LogP contribution < -0.4 is 11.1 Å². The van der Waals surface area contributed by atoms with Gasteiger partial charge in [0.05, 0.1) is 5.01 Å². The highest BCUT2D eigenvalue weighted by Crippen LogP contribution is 2.18. The predicted molar refractivity (Wildman–Crippen MR) is 65.5 cm³/mol. The van der Waals surface area contributed by atoms with Crippen molar-refractivity contribution in [2.24, 2.45) is 0 Å². The van der Waals surface area contributed by atoms with Gasteiger partial charge in [0.1, 0.15) is 18.0 Å². The lowest BCUT2D eigenvalue weighted by atomic mass is 10.2. The van der Waals surface area contributed by atoms with Crippen LogP contribution in [0.4, 0.5) is 11.6 Å². The molecule has 2 aromatic rings. The molecule has 84 valence electrons. The van der Waals surface area contributed by atoms with Crippen molar-refractivity contribution >= 4 is 23.0 Å². The van der Waals surface area contributed by atoms with E-state index in [4.69, 9.17) is 5.73 Å². The van der Waals surface area contributed by atoms with E-state index in [0.717, 1.165) is 17.4 Å². The molecule has 0 aliphatic rings. The summed E-state index contributed by atoms with van der Waals surface area (Å²) < 4.78 is 0. The first-order valence-electron chi connectivity index (χ1n) is 4.96. The van der Waals surface area contributed by atoms with Gasteiger partial charge in [-0.1, -0.05) is 6.92 Å². The zero-order valence-corrected chi connectivity index (χ0v) is 9.74. The second-order valence-corrected chi connectivity index (χ2v) is 4.41. The van der Waals surface area contributed by atoms with E-state index < -0.39 is 0 Å². The van der Waals surface area contributed by atoms with Gasteiger partial charge in [0.15, 0.2) is 0 Å². The highest BCUT2D eigenvalue weighted by Gasteiger charge is 2.07. The summed E-state index contributed by atoms with van der Waals surface area (Å²) in [4.78, 5) is 12.2. The Hall–Kier alpha value is -1.69. The monoisotopic (exact) mass is 235 g/mol. The van der Waals surface area contributed by atoms with Crippen molar-refractivity contribution in [3.63, 3.8) is 0 Å². The molecule has 0 aliphatic heterocycles. The van der Waals surface area contributed by atoms with Gasteiger partial charge in [0.25, 0.3) is 0 Å². The zero-order chi connectivity index (χ0) is 11.4. The van der Waals surface area contributed by atoms with Gasteiger partial charge in [-0.15, -0.1) is 11.3 Å². The van der Waals surface area contributed by atoms with E-state index in [-0.39, 0.29) is 0 Å². The minimum atomic E-state index is 0.358. The van der Waals surface area contributed by atoms with E-state index in [9.17, 15) is 0 Å². The largest absolute Gasteiger partial charge is 0.384 e. The summed E-state index contributed by atoms with van der Waals surface area (Å²) in [6.07, 6.45) is 3.27. The number of anilines is 2. The fourth-order valence-corrected chi connectivity index (χ4v) is 1.99. The normalized spacial score (nSPS) is 12.3. The van der Waals surface area contributed by atoms with Crippen LogP contribution in [0.25, 0.3) is 0 Å². The molecule has 1 unspecified atom stereocenters. The number of nitrogens with zero attached hydrogens (tertiary/aromatic N) is 3. The molecule has 0 bridgehead atoms. The molecule has 0 aliphatic carbocycles. The van der Waals surface area contributed by atoms with Crippen LogP contribution in [0.5, 0.6) is 0 Å². The third-order valence-electron chi connectivity index (χ3n) is 2.15. The SMILES string of the molecule is CC(CNc1cc(N)ncn1)c1nccs1. The quantitative estimate of drug-likeness (QED) is 0.844. The lowest BCUT2D eigenvalue weighted by molar-refractivity contribution is 0.791. The fourth-order valence-electron chi connectivity index (χ4n) is 1.29. The molecule has 0 saturated carbocycles. The van der Waals surface area contributed by atoms with Crippen LogP contribution in [0.15, 0.2) is 24.0 Å². The highest BCUT2D eigenvalue weighted by atomic mass is 32.1. The molecule has 1 atom stereocenters. The molecule has 2 aromatic heterocycles. The molecule has 3 N–H and O–H groups in total. The number of nitrogens with one attached hydrogen (secondary N) is 1. The van der Waals surface area contributed by atoms with Crippen LogP contribution in [-0.2, 0) is 0 Å². The van der Waals surface area contributed by atoms with E-state index in [0.29, 0.717) is 11.7 Å². The Morgan fingerprint density at radius 3 is 3.00 bits per heavy atom. The summed E-state index contributed by atoms with van der Waals surface area (Å²) in [5, 5.41) is 6.31. The van der Waals surface area contributed by atoms with Gasteiger partial charge in [0, 0.05) is 30.1 Å². The Labute approximate surface area is 97.8 Å². The minimum Gasteiger partial charge on any atom is -0.384 e. The predicted octanol–water partition coefficient (Wildman–Crippen LogP) is 1.73. The molecule has 0 radical (unpaired) electrons. The number of hydrogen-bond donors (Lipinski definition) is 2. The second-order valence-electron chi connectivity index (χ2n) is 3.48. The first-order chi connectivity index (χ1) is 7.75. The molecule has 0 fully saturated rings. The molecule has 16 heavy (non-hydrogen) atoms. The first-order valence-corrected chi connectivity index (χ1v) is 5.84. The average Bonchev–Trinajstić information content (AvgIpc) is 2.79. The van der Waals surface area contributed by atoms with Gasteiger partial charge in [-0.2, -0.15) is 0 Å². The number of hydrogen-bond acceptors (Lipinski definition) is 6. The summed E-state index contributed by atoms with van der Waals surface area (Å²) in [5.41, 5.74) is 5.56. The molecule has 0 aromatic carbocycles. The Morgan fingerprint density at radius 2 is 2.31 bits per heavy atom. The van der Waals surface area contributed by atoms with Crippen molar-refractivity contribution in [1.82, 2.24) is 15.0 Å². The van der Waals surface area contributed by atoms with E-state index >= 15 is 0 Å². The second kappa shape index (κ2) is 4.89. The molecule has 2 heterocycles. The minimum absolute atomic E-state index is 0.358. The van der Waals surface area contributed by atoms with Crippen LogP contribution in [0, 0.1) is 0 Å². The Morgan fingerprint density at radius 1 is 1.44 bits per heavy atom. The Balaban J connectivity index is 1.92. The summed E-state index contributed by atoms with van der Waals surface area (Å²) in [5.74, 6) is 1.58. The maximum atomic E-state index is 5.56. The molecule has 5 nitrogen and oxygen atoms in total. The van der Waals surface area contributed by atoms with Gasteiger partial charge < -0.3 is 11.1 Å². The van der Waals surface area contributed by atoms with Crippen LogP contribution in [0.2, 0.25) is 0 Å². The summed E-state index contributed by atoms with van der Waals surface area (Å²) >= 11 is 1.66. The zero-order valence-electron chi connectivity index (χ0n) is 8.92. The summed E-state index contributed by atoms with van der Waals surface area (Å²) in [6, 6.07) is 1.72. The summed E-state index contributed by atoms with van der Waals surface area (Å²) in [6.45, 7) is 2.90. The average molecular weight is 235 g/mol. The van der Waals surface area contributed by atoms with Gasteiger partial charge in [0.2, 0.25) is 0 Å². The standard InChI is InChI=1S/C10H13N5S/c1-7(10-12-2-3-16-10)5-13-9-4-8(11)14-6-15-9/h2-4,6-7H,5H2,1H3,(H3,11,13,14,15). The van der Waals surface area contributed by atoms with Gasteiger partial charge in [-0.05, 0) is 0 Å². The lowest BCUT2D eigenvalue weighted by Gasteiger charge is -2.10. The molecule has 0 spiro atoms. The summed E-state index contributed by atoms with van der Waals surface area (Å²) in [7, 11) is 0. The number of nitrogens with two attached hydrogens (primary N) is 1. The maximum Gasteiger partial charge on any atom is 0.131 e. The van der Waals surface area contributed by atoms with E-state index in [1.165, 1.54) is 6.33 Å². The van der Waals surface area contributed by atoms with Crippen LogP contribution in [0.3, 0.4) is 0 Å². The Bertz CT molecular complexity index is 442. The third kappa shape index (κ3) is 2.66. The first kappa shape index (κ1) is 10.8. The molecule has 0 saturated heterocycles. The van der Waals surface area contributed by atoms with Gasteiger partial charge in [-0.25, -0.2) is 15.0 Å². The van der Waals surface area contributed by atoms with Gasteiger partial charge in [-0.3, -0.25) is 0 Å². The highest BCUT2D eigenvalue weighted by molar-refractivity contribution is 7.09. The van der Waals surface area contributed by atoms with Crippen molar-refractivity contribution in [2.75, 3.05) is 17.6 Å². The molecular weight excluding hydrogens is 222 g/mol. The molecule has 0 amide bonds. The molecule has 6 heteroatoms. The van der Waals surface area contributed by atoms with E-state index in [2.05, 4.69) is 27.2 Å². The van der Waals surface area contributed by atoms with Crippen molar-refractivity contribution < 1.29 is 0 Å². The van der Waals surface area contributed by atoms with Crippen molar-refractivity contribution in [3.05, 3.63) is 29.0 Å². The van der Waals surface area contributed by atoms with E-state index in [1.807, 2.05) is 11.6 Å². The fraction of sp³-hybridized carbons (Fsp3) is 0.300. The van der Waals surface area contributed by atoms with Crippen LogP contribution in [0.1, 0.15) is 17.8 Å². The van der Waals surface area contributed by atoms with Crippen LogP contribution in [-0.4, -0.2) is 21.5 Å². The van der Waals surface area contributed by atoms with Crippen molar-refractivity contribution in [2.45, 2.75) is 12.8 Å². The number of nitrogen functional groups attached to an aromatic ring is 1. The number of rotatable bonds is 4. The number of thiazole rings is 1. The smallest absolute Gasteiger partial charge is 0.131 e. The van der Waals surface area contributed by atoms with Crippen LogP contribution >= 0.6 is 11.3 Å². The van der Waals surface area contributed by atoms with Crippen molar-refractivity contribution in [3.8, 4) is 0 Å². The third-order valence-corrected chi connectivity index (χ3v) is 3.16. The van der Waals surface area contributed by atoms with E-state index in [1.54, 1.807) is 17.4 Å². The molecule has 2 rings (SSSR count). The number of aromatic nitrogens is 3. The Kier molecular flexibility index (Phi) is 3.31. The molecular formula is C10H13N5S. The topological polar surface area (TPSA) is 76.7 Å². The lowest BCUT2D eigenvalue weighted by Crippen LogP contribution is -2.11.